The summed E-state index contributed by atoms with van der Waals surface area (Å²) in [7, 11) is 0.860. The van der Waals surface area contributed by atoms with Crippen molar-refractivity contribution in [2.75, 3.05) is 37.2 Å². The molecule has 230 valence electrons. The highest BCUT2D eigenvalue weighted by Crippen LogP contribution is 2.45. The fraction of sp³-hybridized carbons (Fsp3) is 0.367. The van der Waals surface area contributed by atoms with Crippen LogP contribution in [0.2, 0.25) is 0 Å². The largest absolute Gasteiger partial charge is 0.582 e. The Kier molecular flexibility index (Phi) is 8.76. The number of fused-ring (bicyclic) bond motifs is 1. The number of hydrogen-bond donors (Lipinski definition) is 1. The number of nitro benzene ring substituents is 1. The van der Waals surface area contributed by atoms with Gasteiger partial charge in [-0.2, -0.15) is 8.42 Å². The molecule has 13 heteroatoms. The van der Waals surface area contributed by atoms with Gasteiger partial charge in [0.05, 0.1) is 35.2 Å². The zero-order valence-corrected chi connectivity index (χ0v) is 25.9. The average Bonchev–Trinajstić information content (AvgIpc) is 2.93. The van der Waals surface area contributed by atoms with Crippen LogP contribution in [0.1, 0.15) is 33.3 Å². The third kappa shape index (κ3) is 6.61. The molecule has 1 heterocycles. The highest BCUT2D eigenvalue weighted by molar-refractivity contribution is 7.87. The number of ether oxygens (including phenoxy) is 3. The predicted molar refractivity (Wildman–Crippen MR) is 164 cm³/mol. The van der Waals surface area contributed by atoms with Gasteiger partial charge in [0.2, 0.25) is 5.75 Å². The van der Waals surface area contributed by atoms with Gasteiger partial charge in [0.1, 0.15) is 23.6 Å². The molecule has 3 aromatic carbocycles. The number of hydrogen-bond acceptors (Lipinski definition) is 9. The lowest BCUT2D eigenvalue weighted by atomic mass is 9.91. The number of nitro groups is 1. The van der Waals surface area contributed by atoms with Gasteiger partial charge in [-0.25, -0.2) is 0 Å². The van der Waals surface area contributed by atoms with Crippen LogP contribution in [0.5, 0.6) is 23.0 Å². The molecule has 0 aromatic heterocycles. The van der Waals surface area contributed by atoms with Crippen LogP contribution in [0.25, 0.3) is 11.1 Å². The molecule has 0 saturated carbocycles. The number of amides is 1. The number of aromatic hydroxyl groups is 1. The molecule has 12 nitrogen and oxygen atoms in total. The number of likely N-dealkylation sites (N-methyl/N-ethyl adjacent to an activating group) is 1. The van der Waals surface area contributed by atoms with Crippen molar-refractivity contribution >= 4 is 33.1 Å². The molecule has 4 rings (SSSR count). The lowest BCUT2D eigenvalue weighted by molar-refractivity contribution is -0.385. The van der Waals surface area contributed by atoms with E-state index < -0.39 is 20.6 Å². The molecular weight excluding hydrogens is 578 g/mol. The second kappa shape index (κ2) is 12.0. The Hall–Kier alpha value is -4.52. The van der Waals surface area contributed by atoms with Gasteiger partial charge in [-0.1, -0.05) is 19.9 Å². The van der Waals surface area contributed by atoms with Crippen molar-refractivity contribution in [2.24, 2.45) is 5.92 Å². The van der Waals surface area contributed by atoms with Gasteiger partial charge >= 0.3 is 10.1 Å². The van der Waals surface area contributed by atoms with Gasteiger partial charge in [-0.15, -0.1) is 0 Å². The Bertz CT molecular complexity index is 1670. The first-order chi connectivity index (χ1) is 20.2. The average molecular weight is 615 g/mol. The number of anilines is 2. The smallest absolute Gasteiger partial charge is 0.309 e. The van der Waals surface area contributed by atoms with E-state index in [2.05, 4.69) is 10.1 Å². The molecule has 0 aliphatic carbocycles. The highest BCUT2D eigenvalue weighted by atomic mass is 32.2. The van der Waals surface area contributed by atoms with E-state index in [1.165, 1.54) is 37.4 Å². The monoisotopic (exact) mass is 614 g/mol. The van der Waals surface area contributed by atoms with Gasteiger partial charge in [0.25, 0.3) is 17.3 Å². The van der Waals surface area contributed by atoms with E-state index in [9.17, 15) is 23.3 Å². The van der Waals surface area contributed by atoms with Crippen molar-refractivity contribution in [2.45, 2.75) is 39.8 Å². The van der Waals surface area contributed by atoms with E-state index in [4.69, 9.17) is 13.7 Å². The fourth-order valence-corrected chi connectivity index (χ4v) is 6.31. The summed E-state index contributed by atoms with van der Waals surface area (Å²) in [5, 5.41) is 14.7. The molecule has 1 amide bonds. The molecule has 0 unspecified atom stereocenters. The maximum atomic E-state index is 13.3. The van der Waals surface area contributed by atoms with Gasteiger partial charge in [-0.3, -0.25) is 14.9 Å². The van der Waals surface area contributed by atoms with Crippen LogP contribution in [0.15, 0.2) is 48.5 Å². The van der Waals surface area contributed by atoms with Gasteiger partial charge in [-0.05, 0) is 43.5 Å². The van der Waals surface area contributed by atoms with Gasteiger partial charge in [0, 0.05) is 36.4 Å². The molecule has 43 heavy (non-hydrogen) atoms. The minimum absolute atomic E-state index is 0.0912. The van der Waals surface area contributed by atoms with Gasteiger partial charge in [0.15, 0.2) is 7.11 Å². The maximum absolute atomic E-state index is 13.3. The van der Waals surface area contributed by atoms with Crippen LogP contribution in [0.3, 0.4) is 0 Å². The number of carbonyl (C=O) groups is 1. The van der Waals surface area contributed by atoms with E-state index in [1.807, 2.05) is 12.1 Å². The van der Waals surface area contributed by atoms with Crippen molar-refractivity contribution in [3.05, 3.63) is 64.2 Å². The van der Waals surface area contributed by atoms with E-state index in [0.29, 0.717) is 39.6 Å². The molecule has 1 aliphatic heterocycles. The van der Waals surface area contributed by atoms with Gasteiger partial charge < -0.3 is 28.6 Å². The number of methoxy groups -OCH3 is 1. The van der Waals surface area contributed by atoms with Crippen LogP contribution < -0.4 is 23.9 Å². The van der Waals surface area contributed by atoms with Crippen molar-refractivity contribution in [3.63, 3.8) is 0 Å². The summed E-state index contributed by atoms with van der Waals surface area (Å²) >= 11 is 0. The third-order valence-corrected chi connectivity index (χ3v) is 8.42. The van der Waals surface area contributed by atoms with E-state index in [1.54, 1.807) is 52.8 Å². The molecule has 0 atom stereocenters. The summed E-state index contributed by atoms with van der Waals surface area (Å²) in [5.41, 5.74) is 2.03. The lowest BCUT2D eigenvalue weighted by Crippen LogP contribution is -2.52. The number of carbonyl (C=O) groups excluding carboxylic acids is 1. The summed E-state index contributed by atoms with van der Waals surface area (Å²) < 4.78 is 46.2. The van der Waals surface area contributed by atoms with E-state index >= 15 is 0 Å². The molecule has 0 radical (unpaired) electrons. The zero-order valence-electron chi connectivity index (χ0n) is 25.1. The number of aliphatic hydroxyl groups is 1. The van der Waals surface area contributed by atoms with Crippen LogP contribution in [-0.2, 0) is 21.5 Å². The zero-order chi connectivity index (χ0) is 31.7. The number of non-ortho nitro benzene ring substituents is 1. The molecule has 1 aliphatic rings. The SMILES string of the molecule is COc1cc(OS(=O)(=O)CC(C)C)ccc1-c1ccc2c(c1COc1cc([N+](=O)[O-])ccc1[OH+]C)N(C)C(=O)C(C)(C)N2. The fourth-order valence-electron chi connectivity index (χ4n) is 5.03. The Balaban J connectivity index is 1.85. The van der Waals surface area contributed by atoms with Crippen molar-refractivity contribution in [1.82, 2.24) is 0 Å². The summed E-state index contributed by atoms with van der Waals surface area (Å²) in [6.45, 7) is 7.05. The third-order valence-electron chi connectivity index (χ3n) is 6.90. The van der Waals surface area contributed by atoms with E-state index in [0.717, 1.165) is 0 Å². The lowest BCUT2D eigenvalue weighted by Gasteiger charge is -2.39. The van der Waals surface area contributed by atoms with Crippen LogP contribution in [-0.4, -0.2) is 56.5 Å². The van der Waals surface area contributed by atoms with Crippen molar-refractivity contribution in [3.8, 4) is 34.1 Å². The first-order valence-electron chi connectivity index (χ1n) is 13.5. The van der Waals surface area contributed by atoms with Crippen molar-refractivity contribution in [1.29, 1.82) is 0 Å². The quantitative estimate of drug-likeness (QED) is 0.132. The molecule has 3 aromatic rings. The molecule has 0 bridgehead atoms. The minimum Gasteiger partial charge on any atom is -0.582 e. The number of nitrogens with zero attached hydrogens (tertiary/aromatic N) is 2. The molecule has 2 N–H and O–H groups in total. The molecule has 0 saturated heterocycles. The summed E-state index contributed by atoms with van der Waals surface area (Å²) in [6, 6.07) is 12.5. The molecular formula is C30H36N3O9S+. The maximum Gasteiger partial charge on any atom is 0.309 e. The molecule has 0 spiro atoms. The summed E-state index contributed by atoms with van der Waals surface area (Å²) in [6.07, 6.45) is 0. The number of benzene rings is 3. The topological polar surface area (TPSA) is 150 Å². The Morgan fingerprint density at radius 2 is 1.77 bits per heavy atom. The number of rotatable bonds is 11. The molecule has 0 fully saturated rings. The Labute approximate surface area is 250 Å². The van der Waals surface area contributed by atoms with Crippen LogP contribution in [0, 0.1) is 16.0 Å². The second-order valence-corrected chi connectivity index (χ2v) is 12.7. The minimum atomic E-state index is -3.82. The summed E-state index contributed by atoms with van der Waals surface area (Å²) in [5.74, 6) is 0.608. The highest BCUT2D eigenvalue weighted by Gasteiger charge is 2.39. The standard InChI is InChI=1S/C30H35N3O9S/c1-18(2)17-43(37,38)42-20-9-10-22(26(15-20)40-7)21-11-12-24-28(32(5)29(34)30(3,4)31-24)23(21)16-41-27-14-19(33(35)36)8-13-25(27)39-6/h8-15,18,31H,16-17H2,1-7H3/p+1. The van der Waals surface area contributed by atoms with Crippen molar-refractivity contribution < 1.29 is 36.5 Å². The Morgan fingerprint density at radius 3 is 2.40 bits per heavy atom. The summed E-state index contributed by atoms with van der Waals surface area (Å²) in [4.78, 5) is 25.8. The Morgan fingerprint density at radius 1 is 1.07 bits per heavy atom. The van der Waals surface area contributed by atoms with Crippen LogP contribution in [0.4, 0.5) is 17.1 Å². The number of nitrogens with one attached hydrogen (secondary N) is 1. The first-order valence-corrected chi connectivity index (χ1v) is 15.1. The predicted octanol–water partition coefficient (Wildman–Crippen LogP) is 5.25. The first kappa shape index (κ1) is 31.4. The van der Waals surface area contributed by atoms with E-state index in [-0.39, 0.29) is 41.4 Å². The second-order valence-electron chi connectivity index (χ2n) is 11.1. The normalized spacial score (nSPS) is 14.1. The van der Waals surface area contributed by atoms with Crippen LogP contribution >= 0.6 is 0 Å².